The number of nitrogens with zero attached hydrogens (tertiary/aromatic N) is 1. The molecule has 1 aromatic heterocycles. The van der Waals surface area contributed by atoms with E-state index in [9.17, 15) is 5.11 Å². The van der Waals surface area contributed by atoms with Crippen molar-refractivity contribution in [3.63, 3.8) is 0 Å². The highest BCUT2D eigenvalue weighted by Crippen LogP contribution is 2.22. The number of hydrogen-bond donors (Lipinski definition) is 2. The van der Waals surface area contributed by atoms with Crippen LogP contribution >= 0.6 is 22.9 Å². The molecule has 1 unspecified atom stereocenters. The van der Waals surface area contributed by atoms with Gasteiger partial charge in [0.15, 0.2) is 0 Å². The Balaban J connectivity index is 1.76. The van der Waals surface area contributed by atoms with Crippen molar-refractivity contribution >= 4 is 28.6 Å². The maximum Gasteiger partial charge on any atom is 0.0992 e. The van der Waals surface area contributed by atoms with Crippen molar-refractivity contribution < 1.29 is 9.84 Å². The first-order valence-electron chi connectivity index (χ1n) is 6.40. The van der Waals surface area contributed by atoms with E-state index < -0.39 is 6.10 Å². The number of nitriles is 1. The Morgan fingerprint density at radius 1 is 1.43 bits per heavy atom. The molecular weight excluding hydrogens is 308 g/mol. The van der Waals surface area contributed by atoms with Crippen LogP contribution in [0.15, 0.2) is 35.7 Å². The Bertz CT molecular complexity index is 611. The number of halogens is 1. The van der Waals surface area contributed by atoms with Crippen LogP contribution in [0, 0.1) is 11.3 Å². The van der Waals surface area contributed by atoms with Crippen molar-refractivity contribution in [2.45, 2.75) is 12.7 Å². The van der Waals surface area contributed by atoms with E-state index in [4.69, 9.17) is 21.6 Å². The summed E-state index contributed by atoms with van der Waals surface area (Å²) >= 11 is 7.65. The number of ether oxygens (including phenoxy) is 1. The van der Waals surface area contributed by atoms with E-state index >= 15 is 0 Å². The lowest BCUT2D eigenvalue weighted by Crippen LogP contribution is -2.24. The van der Waals surface area contributed by atoms with E-state index in [1.54, 1.807) is 29.5 Å². The van der Waals surface area contributed by atoms with Gasteiger partial charge < -0.3 is 15.2 Å². The van der Waals surface area contributed by atoms with Crippen LogP contribution in [0.25, 0.3) is 0 Å². The first-order chi connectivity index (χ1) is 10.2. The topological polar surface area (TPSA) is 65.3 Å². The van der Waals surface area contributed by atoms with Gasteiger partial charge in [-0.15, -0.1) is 11.3 Å². The Hall–Kier alpha value is -1.58. The maximum absolute atomic E-state index is 9.86. The average molecular weight is 323 g/mol. The van der Waals surface area contributed by atoms with Gasteiger partial charge in [0.05, 0.1) is 41.7 Å². The lowest BCUT2D eigenvalue weighted by atomic mass is 10.2. The molecule has 1 aromatic carbocycles. The molecule has 0 spiro atoms. The van der Waals surface area contributed by atoms with E-state index in [2.05, 4.69) is 5.32 Å². The predicted molar refractivity (Wildman–Crippen MR) is 84.6 cm³/mol. The molecule has 0 fully saturated rings. The lowest BCUT2D eigenvalue weighted by Gasteiger charge is -2.14. The minimum atomic E-state index is -0.647. The van der Waals surface area contributed by atoms with Crippen LogP contribution in [0.3, 0.4) is 0 Å². The highest BCUT2D eigenvalue weighted by Gasteiger charge is 2.07. The van der Waals surface area contributed by atoms with Crippen LogP contribution in [0.1, 0.15) is 10.4 Å². The van der Waals surface area contributed by atoms with Crippen LogP contribution in [-0.2, 0) is 11.3 Å². The molecule has 2 rings (SSSR count). The third-order valence-electron chi connectivity index (χ3n) is 2.76. The zero-order valence-corrected chi connectivity index (χ0v) is 12.8. The number of nitrogens with one attached hydrogen (secondary N) is 1. The largest absolute Gasteiger partial charge is 0.389 e. The summed E-state index contributed by atoms with van der Waals surface area (Å²) in [6.07, 6.45) is -0.647. The SMILES string of the molecule is N#Cc1ccc(Cl)c(NCC(O)COCc2cccs2)c1. The van der Waals surface area contributed by atoms with Crippen LogP contribution in [0.2, 0.25) is 5.02 Å². The molecule has 0 aliphatic heterocycles. The summed E-state index contributed by atoms with van der Waals surface area (Å²) in [7, 11) is 0. The molecule has 0 aliphatic carbocycles. The summed E-state index contributed by atoms with van der Waals surface area (Å²) in [5, 5.41) is 24.2. The number of aliphatic hydroxyl groups excluding tert-OH is 1. The molecule has 6 heteroatoms. The Morgan fingerprint density at radius 2 is 2.29 bits per heavy atom. The molecule has 21 heavy (non-hydrogen) atoms. The van der Waals surface area contributed by atoms with E-state index in [1.165, 1.54) is 0 Å². The number of benzene rings is 1. The van der Waals surface area contributed by atoms with Crippen LogP contribution < -0.4 is 5.32 Å². The van der Waals surface area contributed by atoms with Gasteiger partial charge in [-0.2, -0.15) is 5.26 Å². The molecule has 0 aliphatic rings. The molecule has 2 N–H and O–H groups in total. The second-order valence-electron chi connectivity index (χ2n) is 4.44. The molecule has 1 atom stereocenters. The molecule has 2 aromatic rings. The van der Waals surface area contributed by atoms with E-state index in [0.29, 0.717) is 29.4 Å². The van der Waals surface area contributed by atoms with Gasteiger partial charge in [-0.1, -0.05) is 17.7 Å². The van der Waals surface area contributed by atoms with Crippen molar-refractivity contribution in [3.8, 4) is 6.07 Å². The maximum atomic E-state index is 9.86. The van der Waals surface area contributed by atoms with Gasteiger partial charge in [0, 0.05) is 11.4 Å². The fourth-order valence-corrected chi connectivity index (χ4v) is 2.53. The molecule has 0 radical (unpaired) electrons. The predicted octanol–water partition coefficient (Wildman–Crippen LogP) is 3.26. The first-order valence-corrected chi connectivity index (χ1v) is 7.66. The van der Waals surface area contributed by atoms with Gasteiger partial charge in [-0.3, -0.25) is 0 Å². The van der Waals surface area contributed by atoms with Gasteiger partial charge in [-0.05, 0) is 29.6 Å². The molecule has 1 heterocycles. The van der Waals surface area contributed by atoms with Gasteiger partial charge in [0.1, 0.15) is 0 Å². The van der Waals surface area contributed by atoms with Gasteiger partial charge in [0.25, 0.3) is 0 Å². The number of aliphatic hydroxyl groups is 1. The summed E-state index contributed by atoms with van der Waals surface area (Å²) in [4.78, 5) is 1.12. The van der Waals surface area contributed by atoms with Gasteiger partial charge in [-0.25, -0.2) is 0 Å². The molecule has 110 valence electrons. The van der Waals surface area contributed by atoms with Crippen molar-refractivity contribution in [1.29, 1.82) is 5.26 Å². The van der Waals surface area contributed by atoms with E-state index in [0.717, 1.165) is 4.88 Å². The second kappa shape index (κ2) is 8.01. The normalized spacial score (nSPS) is 11.9. The van der Waals surface area contributed by atoms with Crippen LogP contribution in [0.5, 0.6) is 0 Å². The summed E-state index contributed by atoms with van der Waals surface area (Å²) < 4.78 is 5.44. The zero-order valence-electron chi connectivity index (χ0n) is 11.3. The Kier molecular flexibility index (Phi) is 6.03. The van der Waals surface area contributed by atoms with Gasteiger partial charge in [0.2, 0.25) is 0 Å². The minimum absolute atomic E-state index is 0.237. The zero-order chi connectivity index (χ0) is 15.1. The third-order valence-corrected chi connectivity index (χ3v) is 3.94. The molecule has 0 amide bonds. The second-order valence-corrected chi connectivity index (χ2v) is 5.88. The van der Waals surface area contributed by atoms with Crippen molar-refractivity contribution in [3.05, 3.63) is 51.2 Å². The number of thiophene rings is 1. The number of hydrogen-bond acceptors (Lipinski definition) is 5. The van der Waals surface area contributed by atoms with Crippen molar-refractivity contribution in [1.82, 2.24) is 0 Å². The summed E-state index contributed by atoms with van der Waals surface area (Å²) in [6, 6.07) is 11.0. The average Bonchev–Trinajstić information content (AvgIpc) is 3.00. The Morgan fingerprint density at radius 3 is 3.00 bits per heavy atom. The number of rotatable bonds is 7. The molecule has 0 saturated carbocycles. The first kappa shape index (κ1) is 15.8. The highest BCUT2D eigenvalue weighted by atomic mass is 35.5. The molecular formula is C15H15ClN2O2S. The lowest BCUT2D eigenvalue weighted by molar-refractivity contribution is 0.0359. The summed E-state index contributed by atoms with van der Waals surface area (Å²) in [5.41, 5.74) is 1.15. The fraction of sp³-hybridized carbons (Fsp3) is 0.267. The van der Waals surface area contributed by atoms with E-state index in [1.807, 2.05) is 23.6 Å². The fourth-order valence-electron chi connectivity index (χ4n) is 1.71. The van der Waals surface area contributed by atoms with Crippen LogP contribution in [-0.4, -0.2) is 24.4 Å². The molecule has 0 bridgehead atoms. The summed E-state index contributed by atoms with van der Waals surface area (Å²) in [5.74, 6) is 0. The van der Waals surface area contributed by atoms with Crippen LogP contribution in [0.4, 0.5) is 5.69 Å². The number of anilines is 1. The standard InChI is InChI=1S/C15H15ClN2O2S/c16-14-4-3-11(7-17)6-15(14)18-8-12(19)9-20-10-13-2-1-5-21-13/h1-6,12,18-19H,8-10H2. The van der Waals surface area contributed by atoms with Gasteiger partial charge >= 0.3 is 0 Å². The molecule has 4 nitrogen and oxygen atoms in total. The quantitative estimate of drug-likeness (QED) is 0.821. The van der Waals surface area contributed by atoms with Crippen molar-refractivity contribution in [2.75, 3.05) is 18.5 Å². The highest BCUT2D eigenvalue weighted by molar-refractivity contribution is 7.09. The third kappa shape index (κ3) is 5.03. The van der Waals surface area contributed by atoms with E-state index in [-0.39, 0.29) is 6.61 Å². The molecule has 0 saturated heterocycles. The monoisotopic (exact) mass is 322 g/mol. The minimum Gasteiger partial charge on any atom is -0.389 e. The summed E-state index contributed by atoms with van der Waals surface area (Å²) in [6.45, 7) is 1.04. The smallest absolute Gasteiger partial charge is 0.0992 e. The van der Waals surface area contributed by atoms with Crippen molar-refractivity contribution in [2.24, 2.45) is 0 Å². The Labute approximate surface area is 132 Å².